The molecule has 0 aliphatic carbocycles. The maximum Gasteiger partial charge on any atom is 0.262 e. The average molecular weight is 364 g/mol. The smallest absolute Gasteiger partial charge is 0.262 e. The van der Waals surface area contributed by atoms with Crippen molar-refractivity contribution in [2.24, 2.45) is 4.99 Å². The number of benzene rings is 2. The van der Waals surface area contributed by atoms with Crippen molar-refractivity contribution in [1.82, 2.24) is 4.90 Å². The molecule has 2 aromatic rings. The minimum absolute atomic E-state index is 0.120. The lowest BCUT2D eigenvalue weighted by atomic mass is 10.1. The summed E-state index contributed by atoms with van der Waals surface area (Å²) in [5, 5.41) is 2.87. The first-order valence-electron chi connectivity index (χ1n) is 8.73. The number of guanidine groups is 1. The molecule has 7 heteroatoms. The molecule has 0 bridgehead atoms. The molecular weight excluding hydrogens is 344 g/mol. The van der Waals surface area contributed by atoms with Gasteiger partial charge in [0.1, 0.15) is 5.75 Å². The van der Waals surface area contributed by atoms with Crippen LogP contribution >= 0.6 is 0 Å². The monoisotopic (exact) mass is 364 g/mol. The molecular formula is C20H20N4O3. The van der Waals surface area contributed by atoms with Gasteiger partial charge in [-0.25, -0.2) is 0 Å². The molecule has 2 aliphatic rings. The third-order valence-electron chi connectivity index (χ3n) is 4.72. The fourth-order valence-corrected chi connectivity index (χ4v) is 3.42. The Morgan fingerprint density at radius 3 is 2.93 bits per heavy atom. The van der Waals surface area contributed by atoms with Gasteiger partial charge < -0.3 is 15.0 Å². The molecule has 2 amide bonds. The zero-order chi connectivity index (χ0) is 19.0. The van der Waals surface area contributed by atoms with Crippen molar-refractivity contribution in [2.75, 3.05) is 37.5 Å². The molecule has 4 rings (SSSR count). The summed E-state index contributed by atoms with van der Waals surface area (Å²) >= 11 is 0. The topological polar surface area (TPSA) is 74.2 Å². The lowest BCUT2D eigenvalue weighted by molar-refractivity contribution is -0.115. The second kappa shape index (κ2) is 6.75. The minimum Gasteiger partial charge on any atom is -0.497 e. The highest BCUT2D eigenvalue weighted by molar-refractivity contribution is 6.19. The van der Waals surface area contributed by atoms with E-state index < -0.39 is 0 Å². The van der Waals surface area contributed by atoms with Crippen molar-refractivity contribution < 1.29 is 14.3 Å². The number of carbonyl (C=O) groups excluding carboxylic acids is 2. The van der Waals surface area contributed by atoms with Crippen molar-refractivity contribution in [3.8, 4) is 5.75 Å². The van der Waals surface area contributed by atoms with Gasteiger partial charge in [-0.3, -0.25) is 19.5 Å². The van der Waals surface area contributed by atoms with Crippen LogP contribution in [-0.2, 0) is 11.2 Å². The summed E-state index contributed by atoms with van der Waals surface area (Å²) in [5.74, 6) is 1.13. The number of nitrogens with zero attached hydrogens (tertiary/aromatic N) is 3. The Morgan fingerprint density at radius 2 is 2.11 bits per heavy atom. The lowest BCUT2D eigenvalue weighted by Crippen LogP contribution is -2.48. The first kappa shape index (κ1) is 17.1. The van der Waals surface area contributed by atoms with Crippen LogP contribution in [0.5, 0.6) is 5.75 Å². The molecule has 0 fully saturated rings. The van der Waals surface area contributed by atoms with Crippen LogP contribution in [0.4, 0.5) is 11.4 Å². The van der Waals surface area contributed by atoms with Crippen LogP contribution in [0.25, 0.3) is 0 Å². The maximum atomic E-state index is 12.7. The van der Waals surface area contributed by atoms with Crippen molar-refractivity contribution in [1.29, 1.82) is 0 Å². The predicted octanol–water partition coefficient (Wildman–Crippen LogP) is 2.14. The van der Waals surface area contributed by atoms with E-state index in [4.69, 9.17) is 4.74 Å². The van der Waals surface area contributed by atoms with Crippen molar-refractivity contribution in [3.05, 3.63) is 53.6 Å². The molecule has 2 heterocycles. The normalized spacial score (nSPS) is 15.2. The number of rotatable bonds is 4. The summed E-state index contributed by atoms with van der Waals surface area (Å²) in [4.78, 5) is 33.0. The van der Waals surface area contributed by atoms with Crippen molar-refractivity contribution >= 4 is 29.1 Å². The van der Waals surface area contributed by atoms with Gasteiger partial charge in [-0.15, -0.1) is 0 Å². The summed E-state index contributed by atoms with van der Waals surface area (Å²) in [6.07, 6.45) is 0.227. The van der Waals surface area contributed by atoms with E-state index >= 15 is 0 Å². The number of ether oxygens (including phenoxy) is 1. The number of amides is 2. The van der Waals surface area contributed by atoms with Gasteiger partial charge in [0.05, 0.1) is 31.3 Å². The molecule has 2 aliphatic heterocycles. The van der Waals surface area contributed by atoms with E-state index in [9.17, 15) is 9.59 Å². The van der Waals surface area contributed by atoms with E-state index in [1.807, 2.05) is 41.3 Å². The number of hydrogen-bond acceptors (Lipinski definition) is 5. The van der Waals surface area contributed by atoms with E-state index in [0.717, 1.165) is 17.8 Å². The predicted molar refractivity (Wildman–Crippen MR) is 104 cm³/mol. The summed E-state index contributed by atoms with van der Waals surface area (Å²) in [6.45, 7) is 1.42. The van der Waals surface area contributed by atoms with Crippen LogP contribution < -0.4 is 15.0 Å². The molecule has 138 valence electrons. The molecule has 0 spiro atoms. The standard InChI is InChI=1S/C20H20N4O3/c1-23-19(26)16-12-14(6-7-17(16)24-9-8-21-20(23)24)22-18(25)11-13-4-3-5-15(10-13)27-2/h3-7,10,12H,8-9,11H2,1-2H3,(H,22,25). The van der Waals surface area contributed by atoms with Crippen LogP contribution in [0.15, 0.2) is 47.5 Å². The third-order valence-corrected chi connectivity index (χ3v) is 4.72. The highest BCUT2D eigenvalue weighted by Crippen LogP contribution is 2.32. The number of methoxy groups -OCH3 is 1. The zero-order valence-corrected chi connectivity index (χ0v) is 15.2. The zero-order valence-electron chi connectivity index (χ0n) is 15.2. The number of anilines is 2. The minimum atomic E-state index is -0.150. The summed E-state index contributed by atoms with van der Waals surface area (Å²) in [6, 6.07) is 12.8. The average Bonchev–Trinajstić information content (AvgIpc) is 3.16. The molecule has 7 nitrogen and oxygen atoms in total. The van der Waals surface area contributed by atoms with Gasteiger partial charge in [0.25, 0.3) is 5.91 Å². The third kappa shape index (κ3) is 3.12. The summed E-state index contributed by atoms with van der Waals surface area (Å²) < 4.78 is 5.19. The van der Waals surface area contributed by atoms with Crippen LogP contribution in [0, 0.1) is 0 Å². The van der Waals surface area contributed by atoms with E-state index in [2.05, 4.69) is 10.3 Å². The van der Waals surface area contributed by atoms with Gasteiger partial charge in [0, 0.05) is 19.3 Å². The largest absolute Gasteiger partial charge is 0.497 e. The molecule has 0 radical (unpaired) electrons. The Hall–Kier alpha value is -3.35. The van der Waals surface area contributed by atoms with Crippen LogP contribution in [0.3, 0.4) is 0 Å². The van der Waals surface area contributed by atoms with E-state index in [1.165, 1.54) is 0 Å². The highest BCUT2D eigenvalue weighted by Gasteiger charge is 2.35. The second-order valence-electron chi connectivity index (χ2n) is 6.51. The number of nitrogens with one attached hydrogen (secondary N) is 1. The molecule has 0 saturated heterocycles. The Morgan fingerprint density at radius 1 is 1.26 bits per heavy atom. The molecule has 1 N–H and O–H groups in total. The Labute approximate surface area is 157 Å². The number of hydrogen-bond donors (Lipinski definition) is 1. The van der Waals surface area contributed by atoms with Crippen LogP contribution in [0.2, 0.25) is 0 Å². The molecule has 27 heavy (non-hydrogen) atoms. The number of carbonyl (C=O) groups is 2. The van der Waals surface area contributed by atoms with Gasteiger partial charge in [-0.1, -0.05) is 12.1 Å². The van der Waals surface area contributed by atoms with Gasteiger partial charge >= 0.3 is 0 Å². The Bertz CT molecular complexity index is 954. The van der Waals surface area contributed by atoms with E-state index in [-0.39, 0.29) is 18.2 Å². The SMILES string of the molecule is COc1cccc(CC(=O)Nc2ccc3c(c2)C(=O)N(C)C2=NCCN23)c1. The molecule has 0 unspecified atom stereocenters. The Kier molecular flexibility index (Phi) is 4.27. The van der Waals surface area contributed by atoms with Gasteiger partial charge in [-0.05, 0) is 35.9 Å². The fourth-order valence-electron chi connectivity index (χ4n) is 3.42. The molecule has 0 atom stereocenters. The van der Waals surface area contributed by atoms with Crippen molar-refractivity contribution in [2.45, 2.75) is 6.42 Å². The van der Waals surface area contributed by atoms with Gasteiger partial charge in [-0.2, -0.15) is 0 Å². The molecule has 0 aromatic heterocycles. The van der Waals surface area contributed by atoms with Crippen LogP contribution in [-0.4, -0.2) is 49.9 Å². The molecule has 2 aromatic carbocycles. The second-order valence-corrected chi connectivity index (χ2v) is 6.51. The highest BCUT2D eigenvalue weighted by atomic mass is 16.5. The van der Waals surface area contributed by atoms with Gasteiger partial charge in [0.15, 0.2) is 0 Å². The maximum absolute atomic E-state index is 12.7. The number of fused-ring (bicyclic) bond motifs is 3. The first-order valence-corrected chi connectivity index (χ1v) is 8.73. The van der Waals surface area contributed by atoms with Crippen molar-refractivity contribution in [3.63, 3.8) is 0 Å². The summed E-state index contributed by atoms with van der Waals surface area (Å²) in [7, 11) is 3.31. The van der Waals surface area contributed by atoms with Gasteiger partial charge in [0.2, 0.25) is 11.9 Å². The van der Waals surface area contributed by atoms with E-state index in [1.54, 1.807) is 25.1 Å². The van der Waals surface area contributed by atoms with Crippen LogP contribution in [0.1, 0.15) is 15.9 Å². The number of aliphatic imine (C=N–C) groups is 1. The Balaban J connectivity index is 1.53. The first-order chi connectivity index (χ1) is 13.1. The van der Waals surface area contributed by atoms with E-state index in [0.29, 0.717) is 29.5 Å². The quantitative estimate of drug-likeness (QED) is 0.902. The molecule has 0 saturated carbocycles. The summed E-state index contributed by atoms with van der Waals surface area (Å²) in [5.41, 5.74) is 2.86. The fraction of sp³-hybridized carbons (Fsp3) is 0.250. The lowest BCUT2D eigenvalue weighted by Gasteiger charge is -2.33.